The number of esters is 1. The summed E-state index contributed by atoms with van der Waals surface area (Å²) in [6, 6.07) is 3.79. The van der Waals surface area contributed by atoms with Crippen LogP contribution in [0.2, 0.25) is 0 Å². The molecular weight excluding hydrogens is 261 g/mol. The van der Waals surface area contributed by atoms with E-state index in [0.29, 0.717) is 17.1 Å². The van der Waals surface area contributed by atoms with Crippen LogP contribution < -0.4 is 0 Å². The molecule has 0 atom stereocenters. The van der Waals surface area contributed by atoms with Crippen LogP contribution in [0, 0.1) is 15.9 Å². The minimum Gasteiger partial charge on any atom is -0.469 e. The van der Waals surface area contributed by atoms with Gasteiger partial charge in [-0.3, -0.25) is 14.9 Å². The molecule has 0 saturated carbocycles. The van der Waals surface area contributed by atoms with Gasteiger partial charge in [0.2, 0.25) is 5.82 Å². The second kappa shape index (κ2) is 6.95. The van der Waals surface area contributed by atoms with Crippen LogP contribution in [0.1, 0.15) is 12.0 Å². The Labute approximate surface area is 107 Å². The Morgan fingerprint density at radius 3 is 2.83 bits per heavy atom. The zero-order chi connectivity index (χ0) is 13.5. The van der Waals surface area contributed by atoms with Crippen LogP contribution in [0.4, 0.5) is 10.1 Å². The molecule has 0 aliphatic rings. The fourth-order valence-corrected chi connectivity index (χ4v) is 2.11. The Balaban J connectivity index is 2.46. The van der Waals surface area contributed by atoms with Crippen molar-refractivity contribution in [2.45, 2.75) is 12.2 Å². The number of halogens is 1. The Hall–Kier alpha value is -1.63. The molecule has 0 aliphatic heterocycles. The van der Waals surface area contributed by atoms with E-state index in [1.54, 1.807) is 0 Å². The van der Waals surface area contributed by atoms with Crippen molar-refractivity contribution in [1.29, 1.82) is 0 Å². The summed E-state index contributed by atoms with van der Waals surface area (Å²) in [6.45, 7) is 0. The highest BCUT2D eigenvalue weighted by molar-refractivity contribution is 7.98. The predicted octanol–water partition coefficient (Wildman–Crippen LogP) is 2.53. The second-order valence-electron chi connectivity index (χ2n) is 3.42. The first-order valence-corrected chi connectivity index (χ1v) is 6.27. The largest absolute Gasteiger partial charge is 0.469 e. The molecule has 7 heteroatoms. The normalized spacial score (nSPS) is 10.1. The number of ether oxygens (including phenoxy) is 1. The highest BCUT2D eigenvalue weighted by atomic mass is 32.2. The Morgan fingerprint density at radius 2 is 2.28 bits per heavy atom. The number of methoxy groups -OCH3 is 1. The third-order valence-corrected chi connectivity index (χ3v) is 3.19. The van der Waals surface area contributed by atoms with E-state index < -0.39 is 16.4 Å². The first-order chi connectivity index (χ1) is 8.54. The Morgan fingerprint density at radius 1 is 1.56 bits per heavy atom. The molecule has 1 aromatic rings. The van der Waals surface area contributed by atoms with Gasteiger partial charge in [-0.25, -0.2) is 0 Å². The maximum absolute atomic E-state index is 13.3. The number of nitro groups is 1. The van der Waals surface area contributed by atoms with Crippen molar-refractivity contribution in [3.63, 3.8) is 0 Å². The number of benzene rings is 1. The zero-order valence-corrected chi connectivity index (χ0v) is 10.5. The van der Waals surface area contributed by atoms with E-state index in [9.17, 15) is 19.3 Å². The van der Waals surface area contributed by atoms with E-state index in [0.717, 1.165) is 12.1 Å². The molecule has 0 heterocycles. The molecule has 0 aromatic heterocycles. The van der Waals surface area contributed by atoms with E-state index in [1.165, 1.54) is 24.9 Å². The van der Waals surface area contributed by atoms with Gasteiger partial charge in [-0.05, 0) is 11.6 Å². The number of nitrogens with zero attached hydrogens (tertiary/aromatic N) is 1. The lowest BCUT2D eigenvalue weighted by atomic mass is 10.2. The van der Waals surface area contributed by atoms with Crippen LogP contribution >= 0.6 is 11.8 Å². The fraction of sp³-hybridized carbons (Fsp3) is 0.364. The maximum Gasteiger partial charge on any atom is 0.306 e. The van der Waals surface area contributed by atoms with Gasteiger partial charge >= 0.3 is 11.7 Å². The van der Waals surface area contributed by atoms with Crippen LogP contribution in [0.25, 0.3) is 0 Å². The molecule has 98 valence electrons. The van der Waals surface area contributed by atoms with Crippen molar-refractivity contribution in [2.24, 2.45) is 0 Å². The zero-order valence-electron chi connectivity index (χ0n) is 9.72. The first-order valence-electron chi connectivity index (χ1n) is 5.12. The molecule has 0 spiro atoms. The van der Waals surface area contributed by atoms with Crippen molar-refractivity contribution >= 4 is 23.4 Å². The van der Waals surface area contributed by atoms with Gasteiger partial charge in [0.25, 0.3) is 0 Å². The van der Waals surface area contributed by atoms with Gasteiger partial charge in [-0.1, -0.05) is 6.07 Å². The number of carbonyl (C=O) groups is 1. The second-order valence-corrected chi connectivity index (χ2v) is 4.53. The fourth-order valence-electron chi connectivity index (χ4n) is 1.24. The minimum atomic E-state index is -0.842. The van der Waals surface area contributed by atoms with E-state index in [4.69, 9.17) is 0 Å². The molecule has 0 amide bonds. The topological polar surface area (TPSA) is 69.4 Å². The monoisotopic (exact) mass is 273 g/mol. The molecule has 0 fully saturated rings. The molecule has 18 heavy (non-hydrogen) atoms. The third-order valence-electron chi connectivity index (χ3n) is 2.16. The Bertz CT molecular complexity index is 453. The number of carbonyl (C=O) groups excluding carboxylic acids is 1. The number of nitro benzene ring substituents is 1. The standard InChI is InChI=1S/C11H12FNO4S/c1-17-11(14)4-5-18-7-8-2-3-10(13(15)16)9(12)6-8/h2-3,6H,4-5,7H2,1H3. The number of thioether (sulfide) groups is 1. The summed E-state index contributed by atoms with van der Waals surface area (Å²) < 4.78 is 17.7. The number of hydrogen-bond acceptors (Lipinski definition) is 5. The molecule has 5 nitrogen and oxygen atoms in total. The quantitative estimate of drug-likeness (QED) is 0.345. The molecule has 0 saturated heterocycles. The van der Waals surface area contributed by atoms with Crippen LogP contribution in [0.5, 0.6) is 0 Å². The average Bonchev–Trinajstić information content (AvgIpc) is 2.34. The molecule has 0 unspecified atom stereocenters. The van der Waals surface area contributed by atoms with Gasteiger partial charge in [0.1, 0.15) is 0 Å². The highest BCUT2D eigenvalue weighted by Crippen LogP contribution is 2.21. The lowest BCUT2D eigenvalue weighted by Crippen LogP contribution is -2.01. The van der Waals surface area contributed by atoms with Gasteiger partial charge in [0.15, 0.2) is 0 Å². The summed E-state index contributed by atoms with van der Waals surface area (Å²) >= 11 is 1.44. The summed E-state index contributed by atoms with van der Waals surface area (Å²) in [5.74, 6) is -0.0829. The van der Waals surface area contributed by atoms with Gasteiger partial charge in [0.05, 0.1) is 18.5 Å². The van der Waals surface area contributed by atoms with E-state index in [1.807, 2.05) is 0 Å². The van der Waals surface area contributed by atoms with Gasteiger partial charge in [-0.15, -0.1) is 0 Å². The van der Waals surface area contributed by atoms with Crippen LogP contribution in [-0.2, 0) is 15.3 Å². The third kappa shape index (κ3) is 4.33. The van der Waals surface area contributed by atoms with Crippen molar-refractivity contribution < 1.29 is 18.8 Å². The van der Waals surface area contributed by atoms with E-state index >= 15 is 0 Å². The molecule has 0 aliphatic carbocycles. The van der Waals surface area contributed by atoms with Crippen molar-refractivity contribution in [3.05, 3.63) is 39.7 Å². The van der Waals surface area contributed by atoms with Crippen LogP contribution in [0.15, 0.2) is 18.2 Å². The SMILES string of the molecule is COC(=O)CCSCc1ccc([N+](=O)[O-])c(F)c1. The first kappa shape index (κ1) is 14.4. The lowest BCUT2D eigenvalue weighted by molar-refractivity contribution is -0.387. The molecule has 0 radical (unpaired) electrons. The predicted molar refractivity (Wildman–Crippen MR) is 65.8 cm³/mol. The minimum absolute atomic E-state index is 0.288. The lowest BCUT2D eigenvalue weighted by Gasteiger charge is -2.02. The number of rotatable bonds is 6. The van der Waals surface area contributed by atoms with Crippen molar-refractivity contribution in [2.75, 3.05) is 12.9 Å². The smallest absolute Gasteiger partial charge is 0.306 e. The summed E-state index contributed by atoms with van der Waals surface area (Å²) in [5, 5.41) is 10.4. The van der Waals surface area contributed by atoms with Gasteiger partial charge in [0, 0.05) is 17.6 Å². The van der Waals surface area contributed by atoms with Crippen LogP contribution in [0.3, 0.4) is 0 Å². The van der Waals surface area contributed by atoms with Crippen LogP contribution in [-0.4, -0.2) is 23.8 Å². The van der Waals surface area contributed by atoms with E-state index in [2.05, 4.69) is 4.74 Å². The average molecular weight is 273 g/mol. The Kier molecular flexibility index (Phi) is 5.57. The molecular formula is C11H12FNO4S. The summed E-state index contributed by atoms with van der Waals surface area (Å²) in [6.07, 6.45) is 0.288. The van der Waals surface area contributed by atoms with Gasteiger partial charge in [-0.2, -0.15) is 16.2 Å². The van der Waals surface area contributed by atoms with E-state index in [-0.39, 0.29) is 12.4 Å². The highest BCUT2D eigenvalue weighted by Gasteiger charge is 2.13. The summed E-state index contributed by atoms with van der Waals surface area (Å²) in [7, 11) is 1.32. The van der Waals surface area contributed by atoms with Crippen molar-refractivity contribution in [1.82, 2.24) is 0 Å². The molecule has 0 N–H and O–H groups in total. The van der Waals surface area contributed by atoms with Gasteiger partial charge < -0.3 is 4.74 Å². The maximum atomic E-state index is 13.3. The summed E-state index contributed by atoms with van der Waals surface area (Å²) in [5.41, 5.74) is 0.117. The molecule has 1 aromatic carbocycles. The van der Waals surface area contributed by atoms with Crippen molar-refractivity contribution in [3.8, 4) is 0 Å². The molecule has 1 rings (SSSR count). The molecule has 0 bridgehead atoms. The summed E-state index contributed by atoms with van der Waals surface area (Å²) in [4.78, 5) is 20.5. The number of hydrogen-bond donors (Lipinski definition) is 0.